The molecule has 0 unspecified atom stereocenters. The lowest BCUT2D eigenvalue weighted by atomic mass is 10.2. The minimum absolute atomic E-state index is 0.242. The Hall–Kier alpha value is -1.63. The highest BCUT2D eigenvalue weighted by Crippen LogP contribution is 2.28. The van der Waals surface area contributed by atoms with Crippen LogP contribution in [0.5, 0.6) is 0 Å². The van der Waals surface area contributed by atoms with Gasteiger partial charge in [-0.15, -0.1) is 11.3 Å². The second kappa shape index (κ2) is 8.12. The van der Waals surface area contributed by atoms with E-state index >= 15 is 0 Å². The molecule has 1 heterocycles. The van der Waals surface area contributed by atoms with Gasteiger partial charge < -0.3 is 15.4 Å². The van der Waals surface area contributed by atoms with Gasteiger partial charge in [0, 0.05) is 18.5 Å². The van der Waals surface area contributed by atoms with Crippen LogP contribution in [0.2, 0.25) is 4.34 Å². The molecule has 0 aliphatic rings. The fourth-order valence-electron chi connectivity index (χ4n) is 1.83. The van der Waals surface area contributed by atoms with Crippen molar-refractivity contribution in [2.75, 3.05) is 13.7 Å². The van der Waals surface area contributed by atoms with E-state index in [0.29, 0.717) is 17.4 Å². The van der Waals surface area contributed by atoms with Gasteiger partial charge in [-0.3, -0.25) is 0 Å². The minimum Gasteiger partial charge on any atom is -0.374 e. The summed E-state index contributed by atoms with van der Waals surface area (Å²) in [5.74, 6) is -0.300. The zero-order valence-electron chi connectivity index (χ0n) is 11.9. The van der Waals surface area contributed by atoms with E-state index in [-0.39, 0.29) is 18.0 Å². The molecule has 22 heavy (non-hydrogen) atoms. The number of halogens is 2. The molecule has 0 bridgehead atoms. The van der Waals surface area contributed by atoms with Crippen molar-refractivity contribution in [3.8, 4) is 0 Å². The third kappa shape index (κ3) is 4.98. The lowest BCUT2D eigenvalue weighted by molar-refractivity contribution is 0.107. The van der Waals surface area contributed by atoms with Crippen LogP contribution in [0.1, 0.15) is 16.5 Å². The first kappa shape index (κ1) is 16.7. The van der Waals surface area contributed by atoms with Gasteiger partial charge in [-0.1, -0.05) is 23.7 Å². The van der Waals surface area contributed by atoms with Gasteiger partial charge in [0.2, 0.25) is 0 Å². The van der Waals surface area contributed by atoms with Crippen LogP contribution < -0.4 is 10.6 Å². The van der Waals surface area contributed by atoms with Gasteiger partial charge in [0.05, 0.1) is 10.9 Å². The van der Waals surface area contributed by atoms with Crippen molar-refractivity contribution in [2.24, 2.45) is 0 Å². The zero-order chi connectivity index (χ0) is 15.9. The molecule has 2 rings (SSSR count). The van der Waals surface area contributed by atoms with E-state index in [1.54, 1.807) is 25.3 Å². The zero-order valence-corrected chi connectivity index (χ0v) is 13.5. The fourth-order valence-corrected chi connectivity index (χ4v) is 2.97. The second-order valence-corrected chi connectivity index (χ2v) is 6.30. The SMILES string of the molecule is CO[C@H](CNC(=O)NCc1ccc(F)cc1)c1ccc(Cl)s1. The van der Waals surface area contributed by atoms with Gasteiger partial charge in [-0.2, -0.15) is 0 Å². The minimum atomic E-state index is -0.311. The van der Waals surface area contributed by atoms with E-state index in [2.05, 4.69) is 10.6 Å². The molecule has 0 radical (unpaired) electrons. The molecule has 1 aromatic carbocycles. The summed E-state index contributed by atoms with van der Waals surface area (Å²) >= 11 is 7.31. The Morgan fingerprint density at radius 2 is 2.00 bits per heavy atom. The van der Waals surface area contributed by atoms with Crippen molar-refractivity contribution in [3.05, 3.63) is 57.0 Å². The van der Waals surface area contributed by atoms with Gasteiger partial charge in [0.1, 0.15) is 11.9 Å². The lowest BCUT2D eigenvalue weighted by Gasteiger charge is -2.15. The van der Waals surface area contributed by atoms with Gasteiger partial charge in [0.25, 0.3) is 0 Å². The van der Waals surface area contributed by atoms with Crippen LogP contribution in [0.3, 0.4) is 0 Å². The molecule has 2 amide bonds. The molecule has 2 N–H and O–H groups in total. The Labute approximate surface area is 137 Å². The lowest BCUT2D eigenvalue weighted by Crippen LogP contribution is -2.37. The van der Waals surface area contributed by atoms with Crippen LogP contribution in [0.15, 0.2) is 36.4 Å². The van der Waals surface area contributed by atoms with Crippen LogP contribution in [-0.4, -0.2) is 19.7 Å². The largest absolute Gasteiger partial charge is 0.374 e. The maximum absolute atomic E-state index is 12.8. The van der Waals surface area contributed by atoms with Crippen LogP contribution in [-0.2, 0) is 11.3 Å². The number of nitrogens with one attached hydrogen (secondary N) is 2. The molecule has 0 saturated heterocycles. The van der Waals surface area contributed by atoms with Gasteiger partial charge in [-0.05, 0) is 29.8 Å². The van der Waals surface area contributed by atoms with Gasteiger partial charge >= 0.3 is 6.03 Å². The Bertz CT molecular complexity index is 618. The molecule has 7 heteroatoms. The summed E-state index contributed by atoms with van der Waals surface area (Å²) in [5, 5.41) is 5.44. The summed E-state index contributed by atoms with van der Waals surface area (Å²) in [6.07, 6.45) is -0.242. The first-order valence-corrected chi connectivity index (χ1v) is 7.82. The normalized spacial score (nSPS) is 12.0. The molecule has 2 aromatic rings. The first-order valence-electron chi connectivity index (χ1n) is 6.62. The van der Waals surface area contributed by atoms with E-state index in [4.69, 9.17) is 16.3 Å². The van der Waals surface area contributed by atoms with Crippen molar-refractivity contribution in [1.82, 2.24) is 10.6 Å². The van der Waals surface area contributed by atoms with Crippen molar-refractivity contribution >= 4 is 29.0 Å². The Balaban J connectivity index is 1.78. The number of hydrogen-bond acceptors (Lipinski definition) is 3. The molecule has 0 fully saturated rings. The highest BCUT2D eigenvalue weighted by Gasteiger charge is 2.14. The average Bonchev–Trinajstić information content (AvgIpc) is 2.94. The molecule has 0 saturated carbocycles. The monoisotopic (exact) mass is 342 g/mol. The van der Waals surface area contributed by atoms with E-state index in [9.17, 15) is 9.18 Å². The summed E-state index contributed by atoms with van der Waals surface area (Å²) in [5.41, 5.74) is 0.824. The maximum atomic E-state index is 12.8. The van der Waals surface area contributed by atoms with Crippen molar-refractivity contribution in [1.29, 1.82) is 0 Å². The van der Waals surface area contributed by atoms with Crippen LogP contribution in [0, 0.1) is 5.82 Å². The van der Waals surface area contributed by atoms with Crippen LogP contribution in [0.25, 0.3) is 0 Å². The molecule has 0 aliphatic carbocycles. The third-order valence-electron chi connectivity index (χ3n) is 3.01. The van der Waals surface area contributed by atoms with E-state index in [1.807, 2.05) is 6.07 Å². The maximum Gasteiger partial charge on any atom is 0.315 e. The predicted molar refractivity (Wildman–Crippen MR) is 85.7 cm³/mol. The highest BCUT2D eigenvalue weighted by molar-refractivity contribution is 7.16. The average molecular weight is 343 g/mol. The number of hydrogen-bond donors (Lipinski definition) is 2. The molecular formula is C15H16ClFN2O2S. The number of methoxy groups -OCH3 is 1. The number of rotatable bonds is 6. The number of urea groups is 1. The molecule has 1 atom stereocenters. The molecule has 118 valence electrons. The van der Waals surface area contributed by atoms with E-state index in [1.165, 1.54) is 23.5 Å². The molecule has 0 spiro atoms. The number of benzene rings is 1. The van der Waals surface area contributed by atoms with Crippen molar-refractivity contribution in [2.45, 2.75) is 12.6 Å². The van der Waals surface area contributed by atoms with Crippen LogP contribution >= 0.6 is 22.9 Å². The highest BCUT2D eigenvalue weighted by atomic mass is 35.5. The van der Waals surface area contributed by atoms with Crippen LogP contribution in [0.4, 0.5) is 9.18 Å². The van der Waals surface area contributed by atoms with Gasteiger partial charge in [0.15, 0.2) is 0 Å². The van der Waals surface area contributed by atoms with Gasteiger partial charge in [-0.25, -0.2) is 9.18 Å². The Morgan fingerprint density at radius 3 is 2.59 bits per heavy atom. The first-order chi connectivity index (χ1) is 10.6. The predicted octanol–water partition coefficient (Wildman–Crippen LogP) is 3.73. The summed E-state index contributed by atoms with van der Waals surface area (Å²) in [6.45, 7) is 0.664. The third-order valence-corrected chi connectivity index (χ3v) is 4.33. The molecular weight excluding hydrogens is 327 g/mol. The van der Waals surface area contributed by atoms with Crippen molar-refractivity contribution in [3.63, 3.8) is 0 Å². The molecule has 1 aromatic heterocycles. The number of amides is 2. The number of carbonyl (C=O) groups excluding carboxylic acids is 1. The summed E-state index contributed by atoms with van der Waals surface area (Å²) in [4.78, 5) is 12.7. The van der Waals surface area contributed by atoms with E-state index < -0.39 is 0 Å². The Morgan fingerprint density at radius 1 is 1.27 bits per heavy atom. The number of thiophene rings is 1. The Kier molecular flexibility index (Phi) is 6.18. The molecule has 4 nitrogen and oxygen atoms in total. The number of carbonyl (C=O) groups is 1. The summed E-state index contributed by atoms with van der Waals surface area (Å²) in [6, 6.07) is 9.32. The van der Waals surface area contributed by atoms with E-state index in [0.717, 1.165) is 10.4 Å². The smallest absolute Gasteiger partial charge is 0.315 e. The molecule has 0 aliphatic heterocycles. The topological polar surface area (TPSA) is 50.4 Å². The quantitative estimate of drug-likeness (QED) is 0.840. The second-order valence-electron chi connectivity index (χ2n) is 4.56. The summed E-state index contributed by atoms with van der Waals surface area (Å²) < 4.78 is 18.8. The standard InChI is InChI=1S/C15H16ClFN2O2S/c1-21-12(13-6-7-14(16)22-13)9-19-15(20)18-8-10-2-4-11(17)5-3-10/h2-7,12H,8-9H2,1H3,(H2,18,19,20)/t12-/m1/s1. The number of ether oxygens (including phenoxy) is 1. The fraction of sp³-hybridized carbons (Fsp3) is 0.267. The summed E-state index contributed by atoms with van der Waals surface area (Å²) in [7, 11) is 1.58. The van der Waals surface area contributed by atoms with Crippen molar-refractivity contribution < 1.29 is 13.9 Å².